The molecule has 2 aromatic heterocycles. The van der Waals surface area contributed by atoms with Gasteiger partial charge < -0.3 is 10.2 Å². The van der Waals surface area contributed by atoms with Crippen molar-refractivity contribution in [3.8, 4) is 0 Å². The lowest BCUT2D eigenvalue weighted by molar-refractivity contribution is -0.127. The first-order valence-corrected chi connectivity index (χ1v) is 13.2. The standard InChI is InChI=1S/C29H28FN3O2S/c30-23-13-10-20(11-14-23)19-33(29(35)26-9-5-17-36-26)27(28(34)32-24-7-2-1-3-8-24)22-12-15-25-21(18-22)6-4-16-31-25/h4-6,9-18,24,27H,1-3,7-8,19H2,(H,32,34)/t27-/m0/s1. The molecule has 5 rings (SSSR count). The van der Waals surface area contributed by atoms with Gasteiger partial charge in [0.15, 0.2) is 0 Å². The van der Waals surface area contributed by atoms with Crippen LogP contribution in [0, 0.1) is 5.82 Å². The lowest BCUT2D eigenvalue weighted by Crippen LogP contribution is -2.46. The molecule has 0 spiro atoms. The van der Waals surface area contributed by atoms with Crippen molar-refractivity contribution in [1.29, 1.82) is 0 Å². The van der Waals surface area contributed by atoms with E-state index < -0.39 is 6.04 Å². The van der Waals surface area contributed by atoms with E-state index in [1.807, 2.05) is 41.8 Å². The highest BCUT2D eigenvalue weighted by atomic mass is 32.1. The van der Waals surface area contributed by atoms with Gasteiger partial charge in [-0.1, -0.05) is 49.6 Å². The fraction of sp³-hybridized carbons (Fsp3) is 0.276. The van der Waals surface area contributed by atoms with Crippen LogP contribution in [0.3, 0.4) is 0 Å². The van der Waals surface area contributed by atoms with Crippen molar-refractivity contribution in [2.24, 2.45) is 0 Å². The Morgan fingerprint density at radius 3 is 2.58 bits per heavy atom. The van der Waals surface area contributed by atoms with Gasteiger partial charge in [-0.15, -0.1) is 11.3 Å². The summed E-state index contributed by atoms with van der Waals surface area (Å²) in [4.78, 5) is 34.3. The molecule has 0 aliphatic heterocycles. The Morgan fingerprint density at radius 2 is 1.83 bits per heavy atom. The minimum Gasteiger partial charge on any atom is -0.351 e. The number of pyridine rings is 1. The molecule has 1 N–H and O–H groups in total. The fourth-order valence-electron chi connectivity index (χ4n) is 4.87. The van der Waals surface area contributed by atoms with Gasteiger partial charge in [0.1, 0.15) is 11.9 Å². The summed E-state index contributed by atoms with van der Waals surface area (Å²) in [5.41, 5.74) is 2.29. The van der Waals surface area contributed by atoms with E-state index in [9.17, 15) is 14.0 Å². The quantitative estimate of drug-likeness (QED) is 0.325. The number of hydrogen-bond acceptors (Lipinski definition) is 4. The van der Waals surface area contributed by atoms with E-state index in [2.05, 4.69) is 10.3 Å². The number of fused-ring (bicyclic) bond motifs is 1. The van der Waals surface area contributed by atoms with Gasteiger partial charge in [0.05, 0.1) is 10.4 Å². The molecule has 0 bridgehead atoms. The smallest absolute Gasteiger partial charge is 0.265 e. The number of rotatable bonds is 7. The average molecular weight is 502 g/mol. The largest absolute Gasteiger partial charge is 0.351 e. The third-order valence-electron chi connectivity index (χ3n) is 6.71. The van der Waals surface area contributed by atoms with Crippen LogP contribution in [0.5, 0.6) is 0 Å². The fourth-order valence-corrected chi connectivity index (χ4v) is 5.55. The molecule has 5 nitrogen and oxygen atoms in total. The molecular weight excluding hydrogens is 473 g/mol. The Morgan fingerprint density at radius 1 is 1.03 bits per heavy atom. The van der Waals surface area contributed by atoms with Gasteiger partial charge in [-0.05, 0) is 65.7 Å². The summed E-state index contributed by atoms with van der Waals surface area (Å²) in [5, 5.41) is 5.98. The maximum absolute atomic E-state index is 13.9. The van der Waals surface area contributed by atoms with Gasteiger partial charge in [0.25, 0.3) is 5.91 Å². The molecule has 1 saturated carbocycles. The van der Waals surface area contributed by atoms with Crippen LogP contribution in [-0.2, 0) is 11.3 Å². The molecular formula is C29H28FN3O2S. The number of carbonyl (C=O) groups excluding carboxylic acids is 2. The summed E-state index contributed by atoms with van der Waals surface area (Å²) >= 11 is 1.34. The van der Waals surface area contributed by atoms with Crippen molar-refractivity contribution in [2.45, 2.75) is 50.7 Å². The topological polar surface area (TPSA) is 62.3 Å². The van der Waals surface area contributed by atoms with Gasteiger partial charge in [0, 0.05) is 24.2 Å². The molecule has 1 fully saturated rings. The van der Waals surface area contributed by atoms with Gasteiger partial charge in [-0.3, -0.25) is 14.6 Å². The van der Waals surface area contributed by atoms with Crippen LogP contribution in [0.15, 0.2) is 78.3 Å². The molecule has 1 aliphatic carbocycles. The second kappa shape index (κ2) is 11.0. The molecule has 7 heteroatoms. The summed E-state index contributed by atoms with van der Waals surface area (Å²) in [5.74, 6) is -0.773. The number of nitrogens with one attached hydrogen (secondary N) is 1. The first-order chi connectivity index (χ1) is 17.6. The van der Waals surface area contributed by atoms with E-state index in [0.717, 1.165) is 47.7 Å². The zero-order valence-corrected chi connectivity index (χ0v) is 20.7. The Balaban J connectivity index is 1.57. The molecule has 0 unspecified atom stereocenters. The van der Waals surface area contributed by atoms with Crippen molar-refractivity contribution in [1.82, 2.24) is 15.2 Å². The van der Waals surface area contributed by atoms with E-state index in [-0.39, 0.29) is 30.2 Å². The number of aromatic nitrogens is 1. The Labute approximate surface area is 214 Å². The molecule has 4 aromatic rings. The summed E-state index contributed by atoms with van der Waals surface area (Å²) < 4.78 is 13.6. The van der Waals surface area contributed by atoms with E-state index >= 15 is 0 Å². The van der Waals surface area contributed by atoms with Gasteiger partial charge in [0.2, 0.25) is 5.91 Å². The van der Waals surface area contributed by atoms with Crippen LogP contribution >= 0.6 is 11.3 Å². The first kappa shape index (κ1) is 24.1. The summed E-state index contributed by atoms with van der Waals surface area (Å²) in [6.45, 7) is 0.171. The van der Waals surface area contributed by atoms with Crippen LogP contribution in [0.25, 0.3) is 10.9 Å². The van der Waals surface area contributed by atoms with Crippen LogP contribution in [0.2, 0.25) is 0 Å². The minimum atomic E-state index is -0.851. The van der Waals surface area contributed by atoms with Gasteiger partial charge >= 0.3 is 0 Å². The van der Waals surface area contributed by atoms with E-state index in [1.54, 1.807) is 29.3 Å². The van der Waals surface area contributed by atoms with Crippen molar-refractivity contribution >= 4 is 34.1 Å². The van der Waals surface area contributed by atoms with Crippen molar-refractivity contribution in [3.63, 3.8) is 0 Å². The minimum absolute atomic E-state index is 0.0976. The lowest BCUT2D eigenvalue weighted by atomic mass is 9.94. The molecule has 1 aliphatic rings. The highest BCUT2D eigenvalue weighted by Gasteiger charge is 2.34. The van der Waals surface area contributed by atoms with E-state index in [0.29, 0.717) is 4.88 Å². The average Bonchev–Trinajstić information content (AvgIpc) is 3.45. The molecule has 2 amide bonds. The highest BCUT2D eigenvalue weighted by molar-refractivity contribution is 7.12. The summed E-state index contributed by atoms with van der Waals surface area (Å²) in [7, 11) is 0. The highest BCUT2D eigenvalue weighted by Crippen LogP contribution is 2.30. The maximum Gasteiger partial charge on any atom is 0.265 e. The van der Waals surface area contributed by atoms with Crippen molar-refractivity contribution in [2.75, 3.05) is 0 Å². The lowest BCUT2D eigenvalue weighted by Gasteiger charge is -2.33. The van der Waals surface area contributed by atoms with Crippen LogP contribution in [0.4, 0.5) is 4.39 Å². The summed E-state index contributed by atoms with van der Waals surface area (Å²) in [6, 6.07) is 18.4. The number of amides is 2. The van der Waals surface area contributed by atoms with Crippen LogP contribution in [0.1, 0.15) is 58.9 Å². The van der Waals surface area contributed by atoms with Gasteiger partial charge in [-0.25, -0.2) is 4.39 Å². The number of hydrogen-bond donors (Lipinski definition) is 1. The van der Waals surface area contributed by atoms with Gasteiger partial charge in [-0.2, -0.15) is 0 Å². The first-order valence-electron chi connectivity index (χ1n) is 12.3. The summed E-state index contributed by atoms with van der Waals surface area (Å²) in [6.07, 6.45) is 6.97. The van der Waals surface area contributed by atoms with E-state index in [1.165, 1.54) is 29.9 Å². The van der Waals surface area contributed by atoms with Crippen LogP contribution < -0.4 is 5.32 Å². The molecule has 0 saturated heterocycles. The number of thiophene rings is 1. The molecule has 0 radical (unpaired) electrons. The zero-order valence-electron chi connectivity index (χ0n) is 19.9. The van der Waals surface area contributed by atoms with Crippen LogP contribution in [-0.4, -0.2) is 27.7 Å². The number of nitrogens with zero attached hydrogens (tertiary/aromatic N) is 2. The van der Waals surface area contributed by atoms with Crippen molar-refractivity contribution < 1.29 is 14.0 Å². The third kappa shape index (κ3) is 5.46. The Kier molecular flexibility index (Phi) is 7.37. The molecule has 184 valence electrons. The second-order valence-corrected chi connectivity index (χ2v) is 10.2. The zero-order chi connectivity index (χ0) is 24.9. The Bertz CT molecular complexity index is 1330. The Hall–Kier alpha value is -3.58. The number of carbonyl (C=O) groups is 2. The molecule has 2 aromatic carbocycles. The predicted octanol–water partition coefficient (Wildman–Crippen LogP) is 6.27. The monoisotopic (exact) mass is 501 g/mol. The second-order valence-electron chi connectivity index (χ2n) is 9.24. The van der Waals surface area contributed by atoms with Crippen molar-refractivity contribution in [3.05, 3.63) is 100 Å². The van der Waals surface area contributed by atoms with E-state index in [4.69, 9.17) is 0 Å². The maximum atomic E-state index is 13.9. The molecule has 36 heavy (non-hydrogen) atoms. The third-order valence-corrected chi connectivity index (χ3v) is 7.57. The molecule has 1 atom stereocenters. The molecule has 2 heterocycles. The predicted molar refractivity (Wildman–Crippen MR) is 140 cm³/mol. The number of benzene rings is 2. The number of halogens is 1. The SMILES string of the molecule is O=C(NC1CCCCC1)[C@H](c1ccc2ncccc2c1)N(Cc1ccc(F)cc1)C(=O)c1cccs1. The normalized spacial score (nSPS) is 14.9.